The Morgan fingerprint density at radius 3 is 2.79 bits per heavy atom. The highest BCUT2D eigenvalue weighted by Gasteiger charge is 2.13. The summed E-state index contributed by atoms with van der Waals surface area (Å²) in [6.07, 6.45) is 6.20. The average molecular weight is 264 g/mol. The molecule has 1 unspecified atom stereocenters. The molecule has 2 rings (SSSR count). The van der Waals surface area contributed by atoms with Gasteiger partial charge in [0.15, 0.2) is 0 Å². The van der Waals surface area contributed by atoms with Gasteiger partial charge in [-0.25, -0.2) is 4.39 Å². The molecule has 1 aromatic carbocycles. The fourth-order valence-corrected chi connectivity index (χ4v) is 2.81. The first-order valence-electron chi connectivity index (χ1n) is 7.47. The van der Waals surface area contributed by atoms with Crippen molar-refractivity contribution in [3.63, 3.8) is 0 Å². The van der Waals surface area contributed by atoms with E-state index < -0.39 is 6.17 Å². The third kappa shape index (κ3) is 4.50. The van der Waals surface area contributed by atoms with Crippen LogP contribution in [-0.4, -0.2) is 13.1 Å². The SMILES string of the molecule is NCCC(F)c1cccc(NCC2CCCCC2)c1. The van der Waals surface area contributed by atoms with Crippen molar-refractivity contribution in [1.82, 2.24) is 0 Å². The van der Waals surface area contributed by atoms with Gasteiger partial charge < -0.3 is 11.1 Å². The molecule has 2 nitrogen and oxygen atoms in total. The van der Waals surface area contributed by atoms with Gasteiger partial charge in [0.05, 0.1) is 0 Å². The highest BCUT2D eigenvalue weighted by atomic mass is 19.1. The zero-order chi connectivity index (χ0) is 13.5. The summed E-state index contributed by atoms with van der Waals surface area (Å²) < 4.78 is 13.8. The van der Waals surface area contributed by atoms with E-state index >= 15 is 0 Å². The fourth-order valence-electron chi connectivity index (χ4n) is 2.81. The quantitative estimate of drug-likeness (QED) is 0.814. The molecule has 3 heteroatoms. The highest BCUT2D eigenvalue weighted by molar-refractivity contribution is 5.46. The minimum Gasteiger partial charge on any atom is -0.385 e. The smallest absolute Gasteiger partial charge is 0.126 e. The molecule has 0 bridgehead atoms. The first kappa shape index (κ1) is 14.3. The van der Waals surface area contributed by atoms with Crippen molar-refractivity contribution in [3.05, 3.63) is 29.8 Å². The number of alkyl halides is 1. The van der Waals surface area contributed by atoms with E-state index in [0.29, 0.717) is 13.0 Å². The molecular weight excluding hydrogens is 239 g/mol. The van der Waals surface area contributed by atoms with E-state index in [2.05, 4.69) is 5.32 Å². The Bertz CT molecular complexity index is 375. The van der Waals surface area contributed by atoms with Crippen LogP contribution in [0.5, 0.6) is 0 Å². The number of hydrogen-bond acceptors (Lipinski definition) is 2. The Hall–Kier alpha value is -1.09. The zero-order valence-electron chi connectivity index (χ0n) is 11.6. The lowest BCUT2D eigenvalue weighted by molar-refractivity contribution is 0.328. The first-order valence-corrected chi connectivity index (χ1v) is 7.47. The summed E-state index contributed by atoms with van der Waals surface area (Å²) >= 11 is 0. The van der Waals surface area contributed by atoms with Crippen LogP contribution in [0.3, 0.4) is 0 Å². The lowest BCUT2D eigenvalue weighted by Crippen LogP contribution is -2.17. The second-order valence-corrected chi connectivity index (χ2v) is 5.56. The van der Waals surface area contributed by atoms with Gasteiger partial charge in [0.2, 0.25) is 0 Å². The van der Waals surface area contributed by atoms with Gasteiger partial charge in [-0.2, -0.15) is 0 Å². The monoisotopic (exact) mass is 264 g/mol. The van der Waals surface area contributed by atoms with Crippen LogP contribution in [0.15, 0.2) is 24.3 Å². The van der Waals surface area contributed by atoms with E-state index in [-0.39, 0.29) is 0 Å². The van der Waals surface area contributed by atoms with E-state index in [9.17, 15) is 4.39 Å². The summed E-state index contributed by atoms with van der Waals surface area (Å²) in [5, 5.41) is 3.45. The maximum atomic E-state index is 13.8. The van der Waals surface area contributed by atoms with Crippen LogP contribution in [0.2, 0.25) is 0 Å². The van der Waals surface area contributed by atoms with Crippen LogP contribution in [0, 0.1) is 5.92 Å². The van der Waals surface area contributed by atoms with Crippen molar-refractivity contribution in [2.45, 2.75) is 44.7 Å². The minimum atomic E-state index is -0.943. The van der Waals surface area contributed by atoms with E-state index in [0.717, 1.165) is 23.7 Å². The predicted octanol–water partition coefficient (Wildman–Crippen LogP) is 4.04. The molecule has 1 aromatic rings. The molecule has 0 saturated heterocycles. The lowest BCUT2D eigenvalue weighted by Gasteiger charge is -2.22. The van der Waals surface area contributed by atoms with Crippen LogP contribution in [0.4, 0.5) is 10.1 Å². The van der Waals surface area contributed by atoms with E-state index in [4.69, 9.17) is 5.73 Å². The van der Waals surface area contributed by atoms with Crippen molar-refractivity contribution >= 4 is 5.69 Å². The van der Waals surface area contributed by atoms with Crippen molar-refractivity contribution in [3.8, 4) is 0 Å². The third-order valence-corrected chi connectivity index (χ3v) is 3.99. The molecule has 0 radical (unpaired) electrons. The molecule has 106 valence electrons. The highest BCUT2D eigenvalue weighted by Crippen LogP contribution is 2.26. The molecule has 0 heterocycles. The number of nitrogens with two attached hydrogens (primary N) is 1. The molecule has 0 spiro atoms. The summed E-state index contributed by atoms with van der Waals surface area (Å²) in [4.78, 5) is 0. The molecule has 1 aliphatic carbocycles. The maximum absolute atomic E-state index is 13.8. The molecule has 3 N–H and O–H groups in total. The summed E-state index contributed by atoms with van der Waals surface area (Å²) in [5.41, 5.74) is 7.17. The van der Waals surface area contributed by atoms with Crippen LogP contribution in [0.25, 0.3) is 0 Å². The number of halogens is 1. The first-order chi connectivity index (χ1) is 9.29. The third-order valence-electron chi connectivity index (χ3n) is 3.99. The van der Waals surface area contributed by atoms with Gasteiger partial charge in [0, 0.05) is 12.2 Å². The van der Waals surface area contributed by atoms with Crippen molar-refractivity contribution in [2.24, 2.45) is 11.7 Å². The van der Waals surface area contributed by atoms with Crippen LogP contribution >= 0.6 is 0 Å². The van der Waals surface area contributed by atoms with Crippen LogP contribution < -0.4 is 11.1 Å². The second kappa shape index (κ2) is 7.49. The van der Waals surface area contributed by atoms with Crippen LogP contribution in [-0.2, 0) is 0 Å². The predicted molar refractivity (Wildman–Crippen MR) is 79.0 cm³/mol. The van der Waals surface area contributed by atoms with Gasteiger partial charge in [0.25, 0.3) is 0 Å². The molecule has 0 aliphatic heterocycles. The number of anilines is 1. The molecular formula is C16H25FN2. The second-order valence-electron chi connectivity index (χ2n) is 5.56. The molecule has 1 aliphatic rings. The van der Waals surface area contributed by atoms with Gasteiger partial charge in [-0.1, -0.05) is 31.4 Å². The largest absolute Gasteiger partial charge is 0.385 e. The molecule has 1 fully saturated rings. The van der Waals surface area contributed by atoms with Crippen molar-refractivity contribution < 1.29 is 4.39 Å². The molecule has 19 heavy (non-hydrogen) atoms. The topological polar surface area (TPSA) is 38.0 Å². The Morgan fingerprint density at radius 1 is 1.26 bits per heavy atom. The number of benzene rings is 1. The molecule has 0 amide bonds. The minimum absolute atomic E-state index is 0.390. The van der Waals surface area contributed by atoms with E-state index in [1.165, 1.54) is 32.1 Å². The summed E-state index contributed by atoms with van der Waals surface area (Å²) in [7, 11) is 0. The average Bonchev–Trinajstić information content (AvgIpc) is 2.47. The van der Waals surface area contributed by atoms with Crippen LogP contribution in [0.1, 0.15) is 50.3 Å². The number of hydrogen-bond donors (Lipinski definition) is 2. The summed E-state index contributed by atoms with van der Waals surface area (Å²) in [5.74, 6) is 0.780. The lowest BCUT2D eigenvalue weighted by atomic mass is 9.89. The fraction of sp³-hybridized carbons (Fsp3) is 0.625. The number of rotatable bonds is 6. The Labute approximate surface area is 115 Å². The van der Waals surface area contributed by atoms with Gasteiger partial charge in [-0.3, -0.25) is 0 Å². The van der Waals surface area contributed by atoms with Crippen molar-refractivity contribution in [1.29, 1.82) is 0 Å². The van der Waals surface area contributed by atoms with Gasteiger partial charge >= 0.3 is 0 Å². The van der Waals surface area contributed by atoms with Gasteiger partial charge in [-0.15, -0.1) is 0 Å². The van der Waals surface area contributed by atoms with E-state index in [1.807, 2.05) is 24.3 Å². The molecule has 1 saturated carbocycles. The van der Waals surface area contributed by atoms with E-state index in [1.54, 1.807) is 0 Å². The Balaban J connectivity index is 1.87. The zero-order valence-corrected chi connectivity index (χ0v) is 11.6. The maximum Gasteiger partial charge on any atom is 0.126 e. The number of nitrogens with one attached hydrogen (secondary N) is 1. The normalized spacial score (nSPS) is 18.2. The Kier molecular flexibility index (Phi) is 5.64. The standard InChI is InChI=1S/C16H25FN2/c17-16(9-10-18)14-7-4-8-15(11-14)19-12-13-5-2-1-3-6-13/h4,7-8,11,13,16,19H,1-3,5-6,9-10,12,18H2. The van der Waals surface area contributed by atoms with Gasteiger partial charge in [-0.05, 0) is 49.4 Å². The molecule has 1 atom stereocenters. The van der Waals surface area contributed by atoms with Gasteiger partial charge in [0.1, 0.15) is 6.17 Å². The summed E-state index contributed by atoms with van der Waals surface area (Å²) in [6.45, 7) is 1.40. The molecule has 0 aromatic heterocycles. The van der Waals surface area contributed by atoms with Crippen molar-refractivity contribution in [2.75, 3.05) is 18.4 Å². The Morgan fingerprint density at radius 2 is 2.05 bits per heavy atom. The summed E-state index contributed by atoms with van der Waals surface area (Å²) in [6, 6.07) is 7.69.